The summed E-state index contributed by atoms with van der Waals surface area (Å²) >= 11 is 1.50. The number of benzene rings is 2. The molecular weight excluding hydrogens is 458 g/mol. The van der Waals surface area contributed by atoms with E-state index in [1.165, 1.54) is 30.2 Å². The molecule has 0 unspecified atom stereocenters. The molecule has 0 aliphatic carbocycles. The van der Waals surface area contributed by atoms with E-state index in [9.17, 15) is 8.42 Å². The number of thioether (sulfide) groups is 1. The van der Waals surface area contributed by atoms with E-state index in [0.29, 0.717) is 22.3 Å². The molecule has 10 heteroatoms. The topological polar surface area (TPSA) is 94.1 Å². The quantitative estimate of drug-likeness (QED) is 0.360. The molecule has 2 aromatic carbocycles. The van der Waals surface area contributed by atoms with E-state index in [1.54, 1.807) is 18.2 Å². The first-order valence-corrected chi connectivity index (χ1v) is 12.7. The van der Waals surface area contributed by atoms with Crippen molar-refractivity contribution in [2.75, 3.05) is 14.1 Å². The van der Waals surface area contributed by atoms with Crippen LogP contribution in [-0.2, 0) is 15.8 Å². The van der Waals surface area contributed by atoms with Crippen molar-refractivity contribution in [1.29, 1.82) is 0 Å². The summed E-state index contributed by atoms with van der Waals surface area (Å²) in [6.07, 6.45) is 0. The Labute approximate surface area is 197 Å². The summed E-state index contributed by atoms with van der Waals surface area (Å²) in [7, 11) is -0.555. The lowest BCUT2D eigenvalue weighted by Crippen LogP contribution is -2.22. The maximum Gasteiger partial charge on any atom is 0.242 e. The predicted octanol–water partition coefficient (Wildman–Crippen LogP) is 4.39. The molecule has 0 atom stereocenters. The van der Waals surface area contributed by atoms with E-state index in [2.05, 4.69) is 15.4 Å². The summed E-state index contributed by atoms with van der Waals surface area (Å²) in [5, 5.41) is 13.7. The third-order valence-electron chi connectivity index (χ3n) is 5.19. The molecule has 33 heavy (non-hydrogen) atoms. The summed E-state index contributed by atoms with van der Waals surface area (Å²) in [6, 6.07) is 14.8. The molecule has 2 aromatic heterocycles. The van der Waals surface area contributed by atoms with Crippen LogP contribution in [0.4, 0.5) is 0 Å². The Balaban J connectivity index is 1.85. The van der Waals surface area contributed by atoms with E-state index in [4.69, 9.17) is 4.52 Å². The lowest BCUT2D eigenvalue weighted by molar-refractivity contribution is 0.393. The fraction of sp³-hybridized carbons (Fsp3) is 0.261. The number of nitrogens with zero attached hydrogens (tertiary/aromatic N) is 5. The van der Waals surface area contributed by atoms with Crippen molar-refractivity contribution in [2.45, 2.75) is 36.6 Å². The van der Waals surface area contributed by atoms with Gasteiger partial charge >= 0.3 is 0 Å². The van der Waals surface area contributed by atoms with Crippen LogP contribution in [0.15, 0.2) is 63.1 Å². The highest BCUT2D eigenvalue weighted by Gasteiger charge is 2.22. The lowest BCUT2D eigenvalue weighted by atomic mass is 10.1. The van der Waals surface area contributed by atoms with Gasteiger partial charge < -0.3 is 4.52 Å². The summed E-state index contributed by atoms with van der Waals surface area (Å²) in [5.74, 6) is 1.89. The van der Waals surface area contributed by atoms with Gasteiger partial charge in [0.2, 0.25) is 10.0 Å². The van der Waals surface area contributed by atoms with Crippen LogP contribution in [0, 0.1) is 20.8 Å². The second-order valence-corrected chi connectivity index (χ2v) is 11.0. The molecule has 0 bridgehead atoms. The smallest absolute Gasteiger partial charge is 0.242 e. The first-order chi connectivity index (χ1) is 15.7. The Kier molecular flexibility index (Phi) is 6.42. The van der Waals surface area contributed by atoms with Gasteiger partial charge in [-0.2, -0.15) is 0 Å². The van der Waals surface area contributed by atoms with Gasteiger partial charge in [0.1, 0.15) is 5.76 Å². The lowest BCUT2D eigenvalue weighted by Gasteiger charge is -2.16. The van der Waals surface area contributed by atoms with Crippen molar-refractivity contribution in [2.24, 2.45) is 0 Å². The second-order valence-electron chi connectivity index (χ2n) is 7.91. The predicted molar refractivity (Wildman–Crippen MR) is 128 cm³/mol. The van der Waals surface area contributed by atoms with Crippen LogP contribution in [0.1, 0.15) is 22.6 Å². The zero-order valence-corrected chi connectivity index (χ0v) is 20.7. The molecule has 0 N–H and O–H groups in total. The number of aryl methyl sites for hydroxylation is 3. The Morgan fingerprint density at radius 3 is 2.33 bits per heavy atom. The number of hydrogen-bond acceptors (Lipinski definition) is 7. The highest BCUT2D eigenvalue weighted by Crippen LogP contribution is 2.33. The molecule has 0 saturated carbocycles. The molecule has 0 aliphatic heterocycles. The van der Waals surface area contributed by atoms with Crippen LogP contribution in [0.5, 0.6) is 0 Å². The molecule has 8 nitrogen and oxygen atoms in total. The summed E-state index contributed by atoms with van der Waals surface area (Å²) < 4.78 is 33.8. The van der Waals surface area contributed by atoms with Gasteiger partial charge in [-0.15, -0.1) is 10.2 Å². The molecule has 4 rings (SSSR count). The summed E-state index contributed by atoms with van der Waals surface area (Å²) in [4.78, 5) is 0.202. The number of para-hydroxylation sites is 1. The van der Waals surface area contributed by atoms with Crippen LogP contribution < -0.4 is 0 Å². The Bertz CT molecular complexity index is 1390. The van der Waals surface area contributed by atoms with Crippen LogP contribution in [0.25, 0.3) is 17.1 Å². The van der Waals surface area contributed by atoms with E-state index in [0.717, 1.165) is 28.3 Å². The van der Waals surface area contributed by atoms with Gasteiger partial charge in [-0.3, -0.25) is 4.57 Å². The molecule has 0 spiro atoms. The van der Waals surface area contributed by atoms with Crippen molar-refractivity contribution in [1.82, 2.24) is 24.2 Å². The van der Waals surface area contributed by atoms with Gasteiger partial charge in [0.15, 0.2) is 11.0 Å². The zero-order valence-electron chi connectivity index (χ0n) is 19.1. The van der Waals surface area contributed by atoms with Crippen LogP contribution >= 0.6 is 11.8 Å². The van der Waals surface area contributed by atoms with E-state index in [1.807, 2.05) is 55.7 Å². The maximum absolute atomic E-state index is 12.7. The molecule has 0 saturated heterocycles. The van der Waals surface area contributed by atoms with Crippen molar-refractivity contribution < 1.29 is 12.9 Å². The van der Waals surface area contributed by atoms with Crippen LogP contribution in [-0.4, -0.2) is 46.7 Å². The van der Waals surface area contributed by atoms with Gasteiger partial charge in [0.25, 0.3) is 0 Å². The average Bonchev–Trinajstić information content (AvgIpc) is 3.38. The molecule has 0 amide bonds. The fourth-order valence-electron chi connectivity index (χ4n) is 3.54. The molecule has 4 aromatic rings. The number of hydrogen-bond donors (Lipinski definition) is 0. The second kappa shape index (κ2) is 9.12. The van der Waals surface area contributed by atoms with Gasteiger partial charge in [0, 0.05) is 31.5 Å². The largest absolute Gasteiger partial charge is 0.361 e. The normalized spacial score (nSPS) is 11.9. The molecule has 0 fully saturated rings. The van der Waals surface area contributed by atoms with Crippen molar-refractivity contribution in [3.8, 4) is 17.1 Å². The van der Waals surface area contributed by atoms with Crippen LogP contribution in [0.3, 0.4) is 0 Å². The maximum atomic E-state index is 12.7. The summed E-state index contributed by atoms with van der Waals surface area (Å²) in [6.45, 7) is 5.93. The number of rotatable bonds is 7. The average molecular weight is 484 g/mol. The molecular formula is C23H25N5O3S2. The fourth-order valence-corrected chi connectivity index (χ4v) is 5.31. The van der Waals surface area contributed by atoms with Crippen LogP contribution in [0.2, 0.25) is 0 Å². The SMILES string of the molecule is Cc1cc(CSc2nnc(-c3cccc(S(=O)(=O)N(C)C)c3)n2-c2c(C)cccc2C)no1. The third-order valence-corrected chi connectivity index (χ3v) is 7.97. The highest BCUT2D eigenvalue weighted by molar-refractivity contribution is 7.98. The van der Waals surface area contributed by atoms with E-state index >= 15 is 0 Å². The Morgan fingerprint density at radius 1 is 1.00 bits per heavy atom. The molecule has 0 aliphatic rings. The standard InChI is InChI=1S/C23H25N5O3S2/c1-15-8-6-9-16(2)21(15)28-22(18-10-7-11-20(13-18)33(29,30)27(4)5)24-25-23(28)32-14-19-12-17(3)31-26-19/h6-13H,14H2,1-5H3. The Hall–Kier alpha value is -2.95. The zero-order chi connectivity index (χ0) is 23.8. The molecule has 172 valence electrons. The van der Waals surface area contributed by atoms with E-state index in [-0.39, 0.29) is 4.90 Å². The minimum atomic E-state index is -3.59. The Morgan fingerprint density at radius 2 is 1.70 bits per heavy atom. The first kappa shape index (κ1) is 23.2. The highest BCUT2D eigenvalue weighted by atomic mass is 32.2. The van der Waals surface area contributed by atoms with E-state index < -0.39 is 10.0 Å². The van der Waals surface area contributed by atoms with Crippen molar-refractivity contribution in [3.63, 3.8) is 0 Å². The van der Waals surface area contributed by atoms with Gasteiger partial charge in [-0.25, -0.2) is 12.7 Å². The minimum Gasteiger partial charge on any atom is -0.361 e. The van der Waals surface area contributed by atoms with Crippen molar-refractivity contribution >= 4 is 21.8 Å². The summed E-state index contributed by atoms with van der Waals surface area (Å²) in [5.41, 5.74) is 4.57. The minimum absolute atomic E-state index is 0.202. The van der Waals surface area contributed by atoms with Gasteiger partial charge in [-0.05, 0) is 44.0 Å². The molecule has 2 heterocycles. The van der Waals surface area contributed by atoms with Gasteiger partial charge in [0.05, 0.1) is 16.3 Å². The van der Waals surface area contributed by atoms with Crippen molar-refractivity contribution in [3.05, 3.63) is 71.1 Å². The monoisotopic (exact) mass is 483 g/mol. The number of aromatic nitrogens is 4. The first-order valence-electron chi connectivity index (χ1n) is 10.3. The van der Waals surface area contributed by atoms with Gasteiger partial charge in [-0.1, -0.05) is 47.3 Å². The molecule has 0 radical (unpaired) electrons. The third kappa shape index (κ3) is 4.59. The number of sulfonamides is 1.